The van der Waals surface area contributed by atoms with Gasteiger partial charge in [-0.25, -0.2) is 0 Å². The molecule has 1 heterocycles. The Morgan fingerprint density at radius 3 is 2.90 bits per heavy atom. The molecule has 4 heteroatoms. The zero-order valence-electron chi connectivity index (χ0n) is 12.7. The second-order valence-electron chi connectivity index (χ2n) is 5.21. The molecule has 1 unspecified atom stereocenters. The normalized spacial score (nSPS) is 14.2. The molecular weight excluding hydrogens is 252 g/mol. The van der Waals surface area contributed by atoms with E-state index in [-0.39, 0.29) is 6.04 Å². The van der Waals surface area contributed by atoms with Crippen molar-refractivity contribution in [3.8, 4) is 0 Å². The monoisotopic (exact) mass is 280 g/mol. The Bertz CT molecular complexity index is 333. The third kappa shape index (κ3) is 7.58. The lowest BCUT2D eigenvalue weighted by Gasteiger charge is -2.17. The number of unbranched alkanes of at least 4 members (excludes halogenated alkanes) is 3. The standard InChI is InChI=1S/C16H28N2O2/c1-3-4-5-6-10-20-13-16(19)12-18-14(2)15-8-7-9-17-11-15/h7-9,11,14,16,18-19H,3-6,10,12-13H2,1-2H3/t14-,16?/m0/s1. The lowest BCUT2D eigenvalue weighted by Crippen LogP contribution is -2.32. The number of aliphatic hydroxyl groups excluding tert-OH is 1. The van der Waals surface area contributed by atoms with Crippen molar-refractivity contribution in [1.29, 1.82) is 0 Å². The van der Waals surface area contributed by atoms with Crippen LogP contribution in [0.15, 0.2) is 24.5 Å². The molecule has 1 aromatic heterocycles. The smallest absolute Gasteiger partial charge is 0.0897 e. The molecule has 0 radical (unpaired) electrons. The van der Waals surface area contributed by atoms with Crippen LogP contribution in [-0.2, 0) is 4.74 Å². The summed E-state index contributed by atoms with van der Waals surface area (Å²) in [6.07, 6.45) is 7.93. The molecule has 0 aliphatic rings. The fourth-order valence-corrected chi connectivity index (χ4v) is 1.97. The summed E-state index contributed by atoms with van der Waals surface area (Å²) in [4.78, 5) is 4.09. The molecule has 0 aliphatic carbocycles. The number of hydrogen-bond donors (Lipinski definition) is 2. The Labute approximate surface area is 122 Å². The molecule has 0 saturated carbocycles. The number of aliphatic hydroxyl groups is 1. The predicted molar refractivity (Wildman–Crippen MR) is 81.6 cm³/mol. The summed E-state index contributed by atoms with van der Waals surface area (Å²) in [7, 11) is 0. The second-order valence-corrected chi connectivity index (χ2v) is 5.21. The Kier molecular flexibility index (Phi) is 9.20. The van der Waals surface area contributed by atoms with Crippen molar-refractivity contribution in [3.05, 3.63) is 30.1 Å². The zero-order valence-corrected chi connectivity index (χ0v) is 12.7. The van der Waals surface area contributed by atoms with Gasteiger partial charge in [0.15, 0.2) is 0 Å². The first-order valence-electron chi connectivity index (χ1n) is 7.63. The van der Waals surface area contributed by atoms with Crippen LogP contribution < -0.4 is 5.32 Å². The molecule has 0 fully saturated rings. The largest absolute Gasteiger partial charge is 0.389 e. The number of pyridine rings is 1. The van der Waals surface area contributed by atoms with Crippen LogP contribution in [-0.4, -0.2) is 36.0 Å². The van der Waals surface area contributed by atoms with Gasteiger partial charge < -0.3 is 15.2 Å². The molecule has 20 heavy (non-hydrogen) atoms. The van der Waals surface area contributed by atoms with Gasteiger partial charge in [-0.2, -0.15) is 0 Å². The molecule has 4 nitrogen and oxygen atoms in total. The highest BCUT2D eigenvalue weighted by Crippen LogP contribution is 2.09. The van der Waals surface area contributed by atoms with Gasteiger partial charge in [0.25, 0.3) is 0 Å². The van der Waals surface area contributed by atoms with Gasteiger partial charge in [-0.15, -0.1) is 0 Å². The van der Waals surface area contributed by atoms with Crippen LogP contribution in [0.4, 0.5) is 0 Å². The van der Waals surface area contributed by atoms with E-state index in [1.54, 1.807) is 6.20 Å². The van der Waals surface area contributed by atoms with Crippen LogP contribution in [0.25, 0.3) is 0 Å². The molecule has 2 N–H and O–H groups in total. The van der Waals surface area contributed by atoms with E-state index in [0.29, 0.717) is 13.2 Å². The minimum absolute atomic E-state index is 0.183. The Morgan fingerprint density at radius 1 is 1.35 bits per heavy atom. The van der Waals surface area contributed by atoms with E-state index in [0.717, 1.165) is 18.6 Å². The minimum Gasteiger partial charge on any atom is -0.389 e. The number of aromatic nitrogens is 1. The summed E-state index contributed by atoms with van der Waals surface area (Å²) >= 11 is 0. The summed E-state index contributed by atoms with van der Waals surface area (Å²) in [5, 5.41) is 13.1. The average Bonchev–Trinajstić information content (AvgIpc) is 2.49. The van der Waals surface area contributed by atoms with Crippen LogP contribution in [0.5, 0.6) is 0 Å². The van der Waals surface area contributed by atoms with Gasteiger partial charge in [-0.05, 0) is 25.0 Å². The van der Waals surface area contributed by atoms with Crippen LogP contribution in [0, 0.1) is 0 Å². The SMILES string of the molecule is CCCCCCOCC(O)CN[C@@H](C)c1cccnc1. The van der Waals surface area contributed by atoms with Crippen molar-refractivity contribution in [1.82, 2.24) is 10.3 Å². The minimum atomic E-state index is -0.458. The van der Waals surface area contributed by atoms with Crippen LogP contribution >= 0.6 is 0 Å². The van der Waals surface area contributed by atoms with Crippen molar-refractivity contribution in [3.63, 3.8) is 0 Å². The van der Waals surface area contributed by atoms with Gasteiger partial charge >= 0.3 is 0 Å². The molecule has 1 rings (SSSR count). The summed E-state index contributed by atoms with van der Waals surface area (Å²) in [6.45, 7) is 5.94. The van der Waals surface area contributed by atoms with E-state index in [1.165, 1.54) is 19.3 Å². The van der Waals surface area contributed by atoms with E-state index in [9.17, 15) is 5.11 Å². The van der Waals surface area contributed by atoms with Crippen LogP contribution in [0.2, 0.25) is 0 Å². The number of ether oxygens (including phenoxy) is 1. The Hall–Kier alpha value is -0.970. The van der Waals surface area contributed by atoms with Gasteiger partial charge in [0.05, 0.1) is 12.7 Å². The molecular formula is C16H28N2O2. The number of rotatable bonds is 11. The summed E-state index contributed by atoms with van der Waals surface area (Å²) in [5.41, 5.74) is 1.13. The van der Waals surface area contributed by atoms with Crippen LogP contribution in [0.1, 0.15) is 51.1 Å². The fraction of sp³-hybridized carbons (Fsp3) is 0.688. The fourth-order valence-electron chi connectivity index (χ4n) is 1.97. The zero-order chi connectivity index (χ0) is 14.6. The topological polar surface area (TPSA) is 54.4 Å². The maximum Gasteiger partial charge on any atom is 0.0897 e. The maximum absolute atomic E-state index is 9.84. The first-order chi connectivity index (χ1) is 9.74. The first kappa shape index (κ1) is 17.1. The first-order valence-corrected chi connectivity index (χ1v) is 7.63. The van der Waals surface area contributed by atoms with Gasteiger partial charge in [0.2, 0.25) is 0 Å². The van der Waals surface area contributed by atoms with E-state index in [4.69, 9.17) is 4.74 Å². The molecule has 0 bridgehead atoms. The third-order valence-electron chi connectivity index (χ3n) is 3.30. The Morgan fingerprint density at radius 2 is 2.20 bits per heavy atom. The molecule has 0 amide bonds. The van der Waals surface area contributed by atoms with E-state index in [2.05, 4.69) is 24.1 Å². The van der Waals surface area contributed by atoms with E-state index < -0.39 is 6.10 Å². The van der Waals surface area contributed by atoms with Gasteiger partial charge in [-0.3, -0.25) is 4.98 Å². The van der Waals surface area contributed by atoms with Crippen molar-refractivity contribution in [2.24, 2.45) is 0 Å². The molecule has 0 spiro atoms. The summed E-state index contributed by atoms with van der Waals surface area (Å²) in [5.74, 6) is 0. The van der Waals surface area contributed by atoms with Crippen molar-refractivity contribution >= 4 is 0 Å². The summed E-state index contributed by atoms with van der Waals surface area (Å²) in [6, 6.07) is 4.13. The van der Waals surface area contributed by atoms with Gasteiger partial charge in [-0.1, -0.05) is 32.3 Å². The van der Waals surface area contributed by atoms with E-state index >= 15 is 0 Å². The third-order valence-corrected chi connectivity index (χ3v) is 3.30. The lowest BCUT2D eigenvalue weighted by atomic mass is 10.1. The maximum atomic E-state index is 9.84. The van der Waals surface area contributed by atoms with Crippen molar-refractivity contribution in [2.75, 3.05) is 19.8 Å². The molecule has 114 valence electrons. The highest BCUT2D eigenvalue weighted by atomic mass is 16.5. The molecule has 1 aromatic rings. The predicted octanol–water partition coefficient (Wildman–Crippen LogP) is 2.69. The highest BCUT2D eigenvalue weighted by molar-refractivity contribution is 5.12. The molecule has 2 atom stereocenters. The van der Waals surface area contributed by atoms with Crippen molar-refractivity contribution < 1.29 is 9.84 Å². The van der Waals surface area contributed by atoms with Crippen molar-refractivity contribution in [2.45, 2.75) is 51.7 Å². The van der Waals surface area contributed by atoms with Gasteiger partial charge in [0.1, 0.15) is 0 Å². The van der Waals surface area contributed by atoms with Crippen LogP contribution in [0.3, 0.4) is 0 Å². The lowest BCUT2D eigenvalue weighted by molar-refractivity contribution is 0.0343. The second kappa shape index (κ2) is 10.8. The molecule has 0 saturated heterocycles. The van der Waals surface area contributed by atoms with Gasteiger partial charge in [0, 0.05) is 31.6 Å². The summed E-state index contributed by atoms with van der Waals surface area (Å²) < 4.78 is 5.48. The highest BCUT2D eigenvalue weighted by Gasteiger charge is 2.08. The molecule has 0 aliphatic heterocycles. The number of nitrogens with one attached hydrogen (secondary N) is 1. The number of nitrogens with zero attached hydrogens (tertiary/aromatic N) is 1. The molecule has 0 aromatic carbocycles. The van der Waals surface area contributed by atoms with E-state index in [1.807, 2.05) is 18.3 Å². The number of hydrogen-bond acceptors (Lipinski definition) is 4. The average molecular weight is 280 g/mol. The Balaban J connectivity index is 2.06. The quantitative estimate of drug-likeness (QED) is 0.612.